The number of aryl methyl sites for hydroxylation is 1. The lowest BCUT2D eigenvalue weighted by Crippen LogP contribution is -2.50. The number of carbonyl (C=O) groups is 2. The molecule has 2 amide bonds. The Bertz CT molecular complexity index is 930. The molecular formula is C19H19N5O4. The maximum atomic E-state index is 12.5. The van der Waals surface area contributed by atoms with Crippen molar-refractivity contribution in [3.63, 3.8) is 0 Å². The normalized spacial score (nSPS) is 14.3. The smallest absolute Gasteiger partial charge is 0.257 e. The molecule has 0 atom stereocenters. The molecule has 4 rings (SSSR count). The second-order valence-electron chi connectivity index (χ2n) is 6.43. The van der Waals surface area contributed by atoms with E-state index in [1.54, 1.807) is 40.4 Å². The molecular weight excluding hydrogens is 362 g/mol. The lowest BCUT2D eigenvalue weighted by Gasteiger charge is -2.34. The predicted molar refractivity (Wildman–Crippen MR) is 97.0 cm³/mol. The number of nitrogens with zero attached hydrogens (tertiary/aromatic N) is 5. The van der Waals surface area contributed by atoms with Crippen molar-refractivity contribution in [3.05, 3.63) is 54.6 Å². The minimum absolute atomic E-state index is 0.0130. The molecule has 0 unspecified atom stereocenters. The second kappa shape index (κ2) is 8.03. The Morgan fingerprint density at radius 1 is 1.04 bits per heavy atom. The summed E-state index contributed by atoms with van der Waals surface area (Å²) in [6, 6.07) is 5.23. The lowest BCUT2D eigenvalue weighted by molar-refractivity contribution is -0.132. The van der Waals surface area contributed by atoms with Gasteiger partial charge < -0.3 is 18.7 Å². The molecule has 0 radical (unpaired) electrons. The highest BCUT2D eigenvalue weighted by molar-refractivity contribution is 5.94. The Hall–Kier alpha value is -3.49. The summed E-state index contributed by atoms with van der Waals surface area (Å²) >= 11 is 0. The lowest BCUT2D eigenvalue weighted by atomic mass is 10.2. The number of carbonyl (C=O) groups excluding carboxylic acids is 2. The van der Waals surface area contributed by atoms with E-state index in [9.17, 15) is 9.59 Å². The molecule has 1 aliphatic heterocycles. The van der Waals surface area contributed by atoms with E-state index in [1.165, 1.54) is 12.5 Å². The summed E-state index contributed by atoms with van der Waals surface area (Å²) < 4.78 is 10.2. The summed E-state index contributed by atoms with van der Waals surface area (Å²) in [4.78, 5) is 36.5. The Labute approximate surface area is 161 Å². The predicted octanol–water partition coefficient (Wildman–Crippen LogP) is 1.64. The minimum atomic E-state index is -0.0737. The van der Waals surface area contributed by atoms with Gasteiger partial charge in [0.15, 0.2) is 0 Å². The van der Waals surface area contributed by atoms with E-state index < -0.39 is 0 Å². The van der Waals surface area contributed by atoms with E-state index in [-0.39, 0.29) is 18.2 Å². The molecule has 0 aliphatic carbocycles. The Morgan fingerprint density at radius 3 is 2.50 bits per heavy atom. The van der Waals surface area contributed by atoms with Crippen LogP contribution in [0, 0.1) is 0 Å². The van der Waals surface area contributed by atoms with Gasteiger partial charge in [0.1, 0.15) is 6.26 Å². The molecule has 0 N–H and O–H groups in total. The number of rotatable bonds is 5. The third kappa shape index (κ3) is 3.93. The maximum absolute atomic E-state index is 12.5. The Kier molecular flexibility index (Phi) is 5.14. The first-order valence-electron chi connectivity index (χ1n) is 9.03. The van der Waals surface area contributed by atoms with Gasteiger partial charge in [0.25, 0.3) is 5.91 Å². The molecule has 28 heavy (non-hydrogen) atoms. The topological polar surface area (TPSA) is 106 Å². The molecule has 9 nitrogen and oxygen atoms in total. The van der Waals surface area contributed by atoms with Crippen molar-refractivity contribution >= 4 is 11.8 Å². The van der Waals surface area contributed by atoms with Gasteiger partial charge in [0.05, 0.1) is 11.8 Å². The van der Waals surface area contributed by atoms with Crippen LogP contribution >= 0.6 is 0 Å². The van der Waals surface area contributed by atoms with Crippen LogP contribution in [-0.4, -0.2) is 62.9 Å². The monoisotopic (exact) mass is 381 g/mol. The average molecular weight is 381 g/mol. The Morgan fingerprint density at radius 2 is 1.79 bits per heavy atom. The highest BCUT2D eigenvalue weighted by atomic mass is 16.5. The van der Waals surface area contributed by atoms with Crippen LogP contribution in [0.3, 0.4) is 0 Å². The highest BCUT2D eigenvalue weighted by Crippen LogP contribution is 2.15. The summed E-state index contributed by atoms with van der Waals surface area (Å²) in [5, 5.41) is 3.94. The van der Waals surface area contributed by atoms with Crippen molar-refractivity contribution in [2.24, 2.45) is 0 Å². The van der Waals surface area contributed by atoms with E-state index >= 15 is 0 Å². The van der Waals surface area contributed by atoms with E-state index in [2.05, 4.69) is 15.1 Å². The number of piperazine rings is 1. The zero-order chi connectivity index (χ0) is 19.3. The number of aromatic nitrogens is 3. The maximum Gasteiger partial charge on any atom is 0.257 e. The number of pyridine rings is 1. The third-order valence-electron chi connectivity index (χ3n) is 4.65. The molecule has 0 aromatic carbocycles. The van der Waals surface area contributed by atoms with Crippen LogP contribution in [0.4, 0.5) is 0 Å². The quantitative estimate of drug-likeness (QED) is 0.661. The summed E-state index contributed by atoms with van der Waals surface area (Å²) in [7, 11) is 0. The molecule has 0 spiro atoms. The van der Waals surface area contributed by atoms with Gasteiger partial charge in [-0.25, -0.2) is 0 Å². The molecule has 0 saturated carbocycles. The summed E-state index contributed by atoms with van der Waals surface area (Å²) in [5.74, 6) is 0.847. The van der Waals surface area contributed by atoms with Gasteiger partial charge in [-0.1, -0.05) is 5.16 Å². The first-order chi connectivity index (χ1) is 13.7. The molecule has 9 heteroatoms. The number of hydrogen-bond donors (Lipinski definition) is 0. The van der Waals surface area contributed by atoms with Crippen molar-refractivity contribution in [1.29, 1.82) is 0 Å². The van der Waals surface area contributed by atoms with E-state index in [0.717, 1.165) is 5.56 Å². The van der Waals surface area contributed by atoms with Gasteiger partial charge in [0, 0.05) is 57.0 Å². The van der Waals surface area contributed by atoms with E-state index in [0.29, 0.717) is 49.9 Å². The largest absolute Gasteiger partial charge is 0.472 e. The van der Waals surface area contributed by atoms with Crippen molar-refractivity contribution in [1.82, 2.24) is 24.9 Å². The first kappa shape index (κ1) is 17.9. The van der Waals surface area contributed by atoms with Gasteiger partial charge in [-0.3, -0.25) is 14.6 Å². The second-order valence-corrected chi connectivity index (χ2v) is 6.43. The van der Waals surface area contributed by atoms with Crippen molar-refractivity contribution in [2.45, 2.75) is 12.8 Å². The highest BCUT2D eigenvalue weighted by Gasteiger charge is 2.25. The van der Waals surface area contributed by atoms with Crippen LogP contribution in [0.1, 0.15) is 22.7 Å². The van der Waals surface area contributed by atoms with Crippen LogP contribution in [-0.2, 0) is 11.2 Å². The average Bonchev–Trinajstić information content (AvgIpc) is 3.44. The first-order valence-corrected chi connectivity index (χ1v) is 9.03. The standard InChI is InChI=1S/C19H19N5O4/c25-17(2-1-16-21-18(22-28-16)14-3-6-20-7-4-14)23-8-10-24(11-9-23)19(26)15-5-12-27-13-15/h3-7,12-13H,1-2,8-11H2. The van der Waals surface area contributed by atoms with Gasteiger partial charge in [-0.05, 0) is 18.2 Å². The van der Waals surface area contributed by atoms with E-state index in [4.69, 9.17) is 8.94 Å². The fourth-order valence-corrected chi connectivity index (χ4v) is 3.07. The van der Waals surface area contributed by atoms with Crippen LogP contribution in [0.5, 0.6) is 0 Å². The summed E-state index contributed by atoms with van der Waals surface area (Å²) in [5.41, 5.74) is 1.34. The van der Waals surface area contributed by atoms with Crippen LogP contribution in [0.2, 0.25) is 0 Å². The molecule has 1 aliphatic rings. The van der Waals surface area contributed by atoms with Crippen LogP contribution in [0.15, 0.2) is 52.1 Å². The molecule has 4 heterocycles. The zero-order valence-corrected chi connectivity index (χ0v) is 15.2. The fourth-order valence-electron chi connectivity index (χ4n) is 3.07. The van der Waals surface area contributed by atoms with Crippen LogP contribution < -0.4 is 0 Å². The zero-order valence-electron chi connectivity index (χ0n) is 15.2. The van der Waals surface area contributed by atoms with Gasteiger partial charge in [-0.15, -0.1) is 0 Å². The van der Waals surface area contributed by atoms with Gasteiger partial charge >= 0.3 is 0 Å². The van der Waals surface area contributed by atoms with Crippen LogP contribution in [0.25, 0.3) is 11.4 Å². The van der Waals surface area contributed by atoms with Gasteiger partial charge in [-0.2, -0.15) is 4.98 Å². The minimum Gasteiger partial charge on any atom is -0.472 e. The number of amides is 2. The number of hydrogen-bond acceptors (Lipinski definition) is 7. The Balaban J connectivity index is 1.26. The molecule has 3 aromatic rings. The van der Waals surface area contributed by atoms with Gasteiger partial charge in [0.2, 0.25) is 17.6 Å². The fraction of sp³-hybridized carbons (Fsp3) is 0.316. The van der Waals surface area contributed by atoms with E-state index in [1.807, 2.05) is 0 Å². The molecule has 144 valence electrons. The molecule has 1 fully saturated rings. The number of furan rings is 1. The summed E-state index contributed by atoms with van der Waals surface area (Å²) in [6.45, 7) is 2.02. The SMILES string of the molecule is O=C(CCc1nc(-c2ccncc2)no1)N1CCN(C(=O)c2ccoc2)CC1. The van der Waals surface area contributed by atoms with Crippen molar-refractivity contribution < 1.29 is 18.5 Å². The molecule has 0 bridgehead atoms. The van der Waals surface area contributed by atoms with Crippen molar-refractivity contribution in [3.8, 4) is 11.4 Å². The molecule has 1 saturated heterocycles. The third-order valence-corrected chi connectivity index (χ3v) is 4.65. The van der Waals surface area contributed by atoms with Crippen molar-refractivity contribution in [2.75, 3.05) is 26.2 Å². The summed E-state index contributed by atoms with van der Waals surface area (Å²) in [6.07, 6.45) is 6.89. The molecule has 3 aromatic heterocycles.